The molecule has 2 N–H and O–H groups in total. The second kappa shape index (κ2) is 9.20. The van der Waals surface area contributed by atoms with Gasteiger partial charge in [-0.05, 0) is 43.8 Å². The molecule has 0 spiro atoms. The van der Waals surface area contributed by atoms with E-state index in [1.807, 2.05) is 56.6 Å². The Kier molecular flexibility index (Phi) is 6.20. The molecule has 31 heavy (non-hydrogen) atoms. The van der Waals surface area contributed by atoms with E-state index >= 15 is 0 Å². The van der Waals surface area contributed by atoms with Crippen LogP contribution in [0.1, 0.15) is 12.5 Å². The minimum Gasteiger partial charge on any atom is -0.493 e. The standard InChI is InChI=1S/C23H26N4O4/c1-4-30-19-9-8-15(12-20(19)29-3)23-25-22(26-31-23)17-6-5-7-18-21(17)16(13-24-18)14-27(2)10-11-28/h5-9,12-13,24,28H,4,10-11,14H2,1-3H3. The molecule has 2 heterocycles. The number of H-pyrrole nitrogens is 1. The normalized spacial score (nSPS) is 11.4. The number of nitrogens with zero attached hydrogens (tertiary/aromatic N) is 3. The van der Waals surface area contributed by atoms with Crippen LogP contribution in [0, 0.1) is 0 Å². The highest BCUT2D eigenvalue weighted by molar-refractivity contribution is 5.96. The van der Waals surface area contributed by atoms with Crippen LogP contribution in [0.2, 0.25) is 0 Å². The van der Waals surface area contributed by atoms with Crippen molar-refractivity contribution in [2.45, 2.75) is 13.5 Å². The maximum absolute atomic E-state index is 9.21. The molecule has 0 saturated carbocycles. The van der Waals surface area contributed by atoms with Gasteiger partial charge in [-0.1, -0.05) is 17.3 Å². The van der Waals surface area contributed by atoms with E-state index in [2.05, 4.69) is 20.0 Å². The summed E-state index contributed by atoms with van der Waals surface area (Å²) in [6.45, 7) is 3.89. The Bertz CT molecular complexity index is 1170. The van der Waals surface area contributed by atoms with Crippen molar-refractivity contribution in [1.82, 2.24) is 20.0 Å². The fourth-order valence-electron chi connectivity index (χ4n) is 3.63. The van der Waals surface area contributed by atoms with Crippen molar-refractivity contribution in [2.24, 2.45) is 0 Å². The molecule has 0 fully saturated rings. The molecule has 2 aromatic heterocycles. The summed E-state index contributed by atoms with van der Waals surface area (Å²) >= 11 is 0. The molecule has 0 aliphatic carbocycles. The molecule has 8 heteroatoms. The van der Waals surface area contributed by atoms with Crippen LogP contribution in [-0.2, 0) is 6.54 Å². The first kappa shape index (κ1) is 20.9. The third-order valence-electron chi connectivity index (χ3n) is 5.09. The van der Waals surface area contributed by atoms with Gasteiger partial charge >= 0.3 is 0 Å². The zero-order chi connectivity index (χ0) is 21.8. The highest BCUT2D eigenvalue weighted by atomic mass is 16.5. The number of aromatic nitrogens is 3. The molecule has 0 aliphatic rings. The van der Waals surface area contributed by atoms with Gasteiger partial charge in [0.25, 0.3) is 5.89 Å². The van der Waals surface area contributed by atoms with E-state index in [1.165, 1.54) is 0 Å². The Morgan fingerprint density at radius 2 is 2.06 bits per heavy atom. The summed E-state index contributed by atoms with van der Waals surface area (Å²) in [5.41, 5.74) is 3.75. The summed E-state index contributed by atoms with van der Waals surface area (Å²) in [6.07, 6.45) is 1.99. The van der Waals surface area contributed by atoms with Gasteiger partial charge in [-0.25, -0.2) is 0 Å². The second-order valence-corrected chi connectivity index (χ2v) is 7.23. The number of ether oxygens (including phenoxy) is 2. The zero-order valence-corrected chi connectivity index (χ0v) is 17.9. The van der Waals surface area contributed by atoms with Gasteiger partial charge in [0.05, 0.1) is 20.3 Å². The summed E-state index contributed by atoms with van der Waals surface area (Å²) in [5, 5.41) is 14.5. The van der Waals surface area contributed by atoms with Crippen molar-refractivity contribution >= 4 is 10.9 Å². The number of fused-ring (bicyclic) bond motifs is 1. The smallest absolute Gasteiger partial charge is 0.258 e. The lowest BCUT2D eigenvalue weighted by atomic mass is 10.1. The highest BCUT2D eigenvalue weighted by Gasteiger charge is 2.18. The predicted molar refractivity (Wildman–Crippen MR) is 118 cm³/mol. The molecular formula is C23H26N4O4. The summed E-state index contributed by atoms with van der Waals surface area (Å²) in [6, 6.07) is 11.5. The van der Waals surface area contributed by atoms with Gasteiger partial charge in [0, 0.05) is 41.3 Å². The molecule has 162 valence electrons. The van der Waals surface area contributed by atoms with Crippen molar-refractivity contribution < 1.29 is 19.1 Å². The zero-order valence-electron chi connectivity index (χ0n) is 17.9. The van der Waals surface area contributed by atoms with Gasteiger partial charge in [0.1, 0.15) is 0 Å². The molecule has 0 saturated heterocycles. The molecule has 0 radical (unpaired) electrons. The summed E-state index contributed by atoms with van der Waals surface area (Å²) in [4.78, 5) is 10.0. The summed E-state index contributed by atoms with van der Waals surface area (Å²) in [7, 11) is 3.58. The Morgan fingerprint density at radius 3 is 2.84 bits per heavy atom. The van der Waals surface area contributed by atoms with Crippen LogP contribution in [0.4, 0.5) is 0 Å². The molecular weight excluding hydrogens is 396 g/mol. The predicted octanol–water partition coefficient (Wildman–Crippen LogP) is 3.72. The number of methoxy groups -OCH3 is 1. The average molecular weight is 422 g/mol. The molecule has 0 unspecified atom stereocenters. The molecule has 8 nitrogen and oxygen atoms in total. The Morgan fingerprint density at radius 1 is 1.19 bits per heavy atom. The number of hydrogen-bond acceptors (Lipinski definition) is 7. The SMILES string of the molecule is CCOc1ccc(-c2nc(-c3cccc4[nH]cc(CN(C)CCO)c34)no2)cc1OC. The number of rotatable bonds is 9. The third-order valence-corrected chi connectivity index (χ3v) is 5.09. The number of aliphatic hydroxyl groups excluding tert-OH is 1. The van der Waals surface area contributed by atoms with Crippen LogP contribution < -0.4 is 9.47 Å². The highest BCUT2D eigenvalue weighted by Crippen LogP contribution is 2.34. The van der Waals surface area contributed by atoms with E-state index in [9.17, 15) is 5.11 Å². The van der Waals surface area contributed by atoms with E-state index in [4.69, 9.17) is 14.0 Å². The van der Waals surface area contributed by atoms with Crippen molar-refractivity contribution in [3.05, 3.63) is 48.2 Å². The lowest BCUT2D eigenvalue weighted by Gasteiger charge is -2.14. The minimum absolute atomic E-state index is 0.117. The molecule has 0 bridgehead atoms. The Hall–Kier alpha value is -3.36. The number of likely N-dealkylation sites (N-methyl/N-ethyl adjacent to an activating group) is 1. The average Bonchev–Trinajstić information content (AvgIpc) is 3.42. The quantitative estimate of drug-likeness (QED) is 0.424. The first-order valence-electron chi connectivity index (χ1n) is 10.2. The molecule has 0 atom stereocenters. The maximum atomic E-state index is 9.21. The second-order valence-electron chi connectivity index (χ2n) is 7.23. The number of aliphatic hydroxyl groups is 1. The first-order valence-corrected chi connectivity index (χ1v) is 10.2. The number of nitrogens with one attached hydrogen (secondary N) is 1. The lowest BCUT2D eigenvalue weighted by Crippen LogP contribution is -2.21. The number of hydrogen-bond donors (Lipinski definition) is 2. The van der Waals surface area contributed by atoms with E-state index < -0.39 is 0 Å². The molecule has 0 amide bonds. The van der Waals surface area contributed by atoms with Crippen LogP contribution in [0.5, 0.6) is 11.5 Å². The minimum atomic E-state index is 0.117. The van der Waals surface area contributed by atoms with Crippen molar-refractivity contribution in [1.29, 1.82) is 0 Å². The topological polar surface area (TPSA) is 96.6 Å². The summed E-state index contributed by atoms with van der Waals surface area (Å²) in [5.74, 6) is 2.20. The monoisotopic (exact) mass is 422 g/mol. The van der Waals surface area contributed by atoms with Gasteiger partial charge in [-0.2, -0.15) is 4.98 Å². The fraction of sp³-hybridized carbons (Fsp3) is 0.304. The Labute approximate surface area is 180 Å². The van der Waals surface area contributed by atoms with Gasteiger partial charge in [0.2, 0.25) is 5.82 Å². The van der Waals surface area contributed by atoms with Crippen LogP contribution >= 0.6 is 0 Å². The van der Waals surface area contributed by atoms with Gasteiger partial charge < -0.3 is 24.1 Å². The van der Waals surface area contributed by atoms with E-state index in [0.717, 1.165) is 27.6 Å². The van der Waals surface area contributed by atoms with E-state index in [0.29, 0.717) is 42.9 Å². The van der Waals surface area contributed by atoms with Crippen molar-refractivity contribution in [3.8, 4) is 34.3 Å². The number of aromatic amines is 1. The van der Waals surface area contributed by atoms with Crippen molar-refractivity contribution in [3.63, 3.8) is 0 Å². The van der Waals surface area contributed by atoms with E-state index in [-0.39, 0.29) is 6.61 Å². The van der Waals surface area contributed by atoms with Gasteiger partial charge in [0.15, 0.2) is 11.5 Å². The van der Waals surface area contributed by atoms with Crippen molar-refractivity contribution in [2.75, 3.05) is 33.9 Å². The molecule has 2 aromatic carbocycles. The Balaban J connectivity index is 1.70. The van der Waals surface area contributed by atoms with Gasteiger partial charge in [-0.3, -0.25) is 4.90 Å². The largest absolute Gasteiger partial charge is 0.493 e. The third kappa shape index (κ3) is 4.26. The molecule has 4 aromatic rings. The van der Waals surface area contributed by atoms with Crippen LogP contribution in [0.25, 0.3) is 33.7 Å². The number of benzene rings is 2. The fourth-order valence-corrected chi connectivity index (χ4v) is 3.63. The van der Waals surface area contributed by atoms with Crippen LogP contribution in [0.3, 0.4) is 0 Å². The van der Waals surface area contributed by atoms with E-state index in [1.54, 1.807) is 7.11 Å². The summed E-state index contributed by atoms with van der Waals surface area (Å²) < 4.78 is 16.6. The molecule has 0 aliphatic heterocycles. The first-order chi connectivity index (χ1) is 15.1. The lowest BCUT2D eigenvalue weighted by molar-refractivity contribution is 0.217. The van der Waals surface area contributed by atoms with Crippen LogP contribution in [0.15, 0.2) is 47.1 Å². The molecule has 4 rings (SSSR count). The van der Waals surface area contributed by atoms with Gasteiger partial charge in [-0.15, -0.1) is 0 Å². The maximum Gasteiger partial charge on any atom is 0.258 e. The van der Waals surface area contributed by atoms with Crippen LogP contribution in [-0.4, -0.2) is 59.0 Å².